The standard InChI is InChI=1S/C23H20O2/c1-17(24)22-21(19-12-6-3-7-13-19)16-15-20(23(22)25)14-8-11-18-9-4-2-5-10-18/h2-13,15-16,25H,14H2,1H3. The molecule has 0 radical (unpaired) electrons. The number of allylic oxidation sites excluding steroid dienone is 1. The van der Waals surface area contributed by atoms with Crippen LogP contribution in [0.4, 0.5) is 0 Å². The summed E-state index contributed by atoms with van der Waals surface area (Å²) in [7, 11) is 0. The first-order valence-corrected chi connectivity index (χ1v) is 8.29. The lowest BCUT2D eigenvalue weighted by Gasteiger charge is -2.12. The van der Waals surface area contributed by atoms with Crippen LogP contribution >= 0.6 is 0 Å². The van der Waals surface area contributed by atoms with E-state index in [9.17, 15) is 9.90 Å². The lowest BCUT2D eigenvalue weighted by atomic mass is 9.93. The van der Waals surface area contributed by atoms with E-state index in [2.05, 4.69) is 0 Å². The first-order chi connectivity index (χ1) is 12.2. The highest BCUT2D eigenvalue weighted by Crippen LogP contribution is 2.33. The summed E-state index contributed by atoms with van der Waals surface area (Å²) in [5, 5.41) is 10.6. The van der Waals surface area contributed by atoms with E-state index in [0.29, 0.717) is 12.0 Å². The number of hydrogen-bond donors (Lipinski definition) is 1. The van der Waals surface area contributed by atoms with Crippen LogP contribution in [0.3, 0.4) is 0 Å². The van der Waals surface area contributed by atoms with Gasteiger partial charge in [0.15, 0.2) is 5.78 Å². The van der Waals surface area contributed by atoms with Gasteiger partial charge in [0.25, 0.3) is 0 Å². The van der Waals surface area contributed by atoms with Crippen LogP contribution < -0.4 is 0 Å². The second-order valence-electron chi connectivity index (χ2n) is 5.94. The van der Waals surface area contributed by atoms with Gasteiger partial charge in [-0.25, -0.2) is 0 Å². The fourth-order valence-corrected chi connectivity index (χ4v) is 2.90. The van der Waals surface area contributed by atoms with E-state index in [4.69, 9.17) is 0 Å². The fraction of sp³-hybridized carbons (Fsp3) is 0.0870. The second kappa shape index (κ2) is 7.63. The highest BCUT2D eigenvalue weighted by molar-refractivity contribution is 6.03. The number of ketones is 1. The summed E-state index contributed by atoms with van der Waals surface area (Å²) < 4.78 is 0. The molecule has 3 rings (SSSR count). The number of rotatable bonds is 5. The van der Waals surface area contributed by atoms with Gasteiger partial charge in [0.1, 0.15) is 5.75 Å². The number of hydrogen-bond acceptors (Lipinski definition) is 2. The Labute approximate surface area is 148 Å². The van der Waals surface area contributed by atoms with Crippen molar-refractivity contribution < 1.29 is 9.90 Å². The quantitative estimate of drug-likeness (QED) is 0.626. The highest BCUT2D eigenvalue weighted by Gasteiger charge is 2.16. The molecule has 0 heterocycles. The van der Waals surface area contributed by atoms with Gasteiger partial charge in [0.2, 0.25) is 0 Å². The molecule has 0 fully saturated rings. The average molecular weight is 328 g/mol. The van der Waals surface area contributed by atoms with Crippen LogP contribution in [0.1, 0.15) is 28.4 Å². The fourth-order valence-electron chi connectivity index (χ4n) is 2.90. The van der Waals surface area contributed by atoms with Crippen molar-refractivity contribution in [3.8, 4) is 16.9 Å². The minimum atomic E-state index is -0.134. The third-order valence-electron chi connectivity index (χ3n) is 4.15. The number of benzene rings is 3. The Morgan fingerprint density at radius 2 is 1.56 bits per heavy atom. The van der Waals surface area contributed by atoms with Crippen molar-refractivity contribution in [3.05, 3.63) is 95.6 Å². The molecule has 0 atom stereocenters. The van der Waals surface area contributed by atoms with Gasteiger partial charge >= 0.3 is 0 Å². The molecule has 1 N–H and O–H groups in total. The third kappa shape index (κ3) is 3.86. The van der Waals surface area contributed by atoms with Crippen molar-refractivity contribution in [1.29, 1.82) is 0 Å². The Morgan fingerprint density at radius 3 is 2.20 bits per heavy atom. The lowest BCUT2D eigenvalue weighted by Crippen LogP contribution is -2.00. The molecule has 3 aromatic carbocycles. The predicted molar refractivity (Wildman–Crippen MR) is 103 cm³/mol. The van der Waals surface area contributed by atoms with Crippen LogP contribution in [0.15, 0.2) is 78.9 Å². The molecule has 0 unspecified atom stereocenters. The molecule has 0 amide bonds. The van der Waals surface area contributed by atoms with E-state index >= 15 is 0 Å². The Morgan fingerprint density at radius 1 is 0.920 bits per heavy atom. The molecule has 2 heteroatoms. The van der Waals surface area contributed by atoms with Crippen LogP contribution in [0.2, 0.25) is 0 Å². The summed E-state index contributed by atoms with van der Waals surface area (Å²) in [5.74, 6) is -0.0585. The van der Waals surface area contributed by atoms with Crippen LogP contribution in [-0.4, -0.2) is 10.9 Å². The Hall–Kier alpha value is -3.13. The monoisotopic (exact) mass is 328 g/mol. The van der Waals surface area contributed by atoms with Crippen molar-refractivity contribution in [3.63, 3.8) is 0 Å². The molecule has 25 heavy (non-hydrogen) atoms. The van der Waals surface area contributed by atoms with Crippen molar-refractivity contribution in [1.82, 2.24) is 0 Å². The summed E-state index contributed by atoms with van der Waals surface area (Å²) in [6.45, 7) is 1.49. The smallest absolute Gasteiger partial charge is 0.164 e. The summed E-state index contributed by atoms with van der Waals surface area (Å²) in [6, 6.07) is 23.5. The number of phenolic OH excluding ortho intramolecular Hbond substituents is 1. The van der Waals surface area contributed by atoms with E-state index in [1.165, 1.54) is 6.92 Å². The molecule has 0 spiro atoms. The average Bonchev–Trinajstić information content (AvgIpc) is 2.64. The van der Waals surface area contributed by atoms with Crippen LogP contribution in [-0.2, 0) is 6.42 Å². The lowest BCUT2D eigenvalue weighted by molar-refractivity contribution is 0.101. The minimum absolute atomic E-state index is 0.0755. The van der Waals surface area contributed by atoms with E-state index in [1.54, 1.807) is 0 Å². The van der Waals surface area contributed by atoms with Crippen molar-refractivity contribution >= 4 is 11.9 Å². The van der Waals surface area contributed by atoms with Gasteiger partial charge in [-0.2, -0.15) is 0 Å². The molecule has 0 saturated heterocycles. The topological polar surface area (TPSA) is 37.3 Å². The van der Waals surface area contributed by atoms with E-state index in [1.807, 2.05) is 84.9 Å². The van der Waals surface area contributed by atoms with Gasteiger partial charge in [0, 0.05) is 0 Å². The number of aromatic hydroxyl groups is 1. The van der Waals surface area contributed by atoms with Gasteiger partial charge in [0.05, 0.1) is 5.56 Å². The number of carbonyl (C=O) groups excluding carboxylic acids is 1. The Kier molecular flexibility index (Phi) is 5.10. The molecule has 3 aromatic rings. The maximum Gasteiger partial charge on any atom is 0.164 e. The van der Waals surface area contributed by atoms with Gasteiger partial charge < -0.3 is 5.11 Å². The van der Waals surface area contributed by atoms with Gasteiger partial charge in [-0.05, 0) is 35.6 Å². The zero-order chi connectivity index (χ0) is 17.6. The summed E-state index contributed by atoms with van der Waals surface area (Å²) in [5.41, 5.74) is 3.93. The van der Waals surface area contributed by atoms with Gasteiger partial charge in [-0.15, -0.1) is 0 Å². The highest BCUT2D eigenvalue weighted by atomic mass is 16.3. The summed E-state index contributed by atoms with van der Waals surface area (Å²) in [4.78, 5) is 12.1. The summed E-state index contributed by atoms with van der Waals surface area (Å²) in [6.07, 6.45) is 4.57. The van der Waals surface area contributed by atoms with Crippen LogP contribution in [0, 0.1) is 0 Å². The third-order valence-corrected chi connectivity index (χ3v) is 4.15. The zero-order valence-electron chi connectivity index (χ0n) is 14.1. The molecular weight excluding hydrogens is 308 g/mol. The van der Waals surface area contributed by atoms with E-state index < -0.39 is 0 Å². The Balaban J connectivity index is 1.93. The number of carbonyl (C=O) groups is 1. The van der Waals surface area contributed by atoms with Crippen molar-refractivity contribution in [2.45, 2.75) is 13.3 Å². The molecule has 0 aliphatic heterocycles. The number of phenols is 1. The minimum Gasteiger partial charge on any atom is -0.507 e. The molecule has 2 nitrogen and oxygen atoms in total. The molecule has 0 aliphatic carbocycles. The largest absolute Gasteiger partial charge is 0.507 e. The first-order valence-electron chi connectivity index (χ1n) is 8.29. The SMILES string of the molecule is CC(=O)c1c(-c2ccccc2)ccc(CC=Cc2ccccc2)c1O. The zero-order valence-corrected chi connectivity index (χ0v) is 14.1. The van der Waals surface area contributed by atoms with E-state index in [-0.39, 0.29) is 11.5 Å². The van der Waals surface area contributed by atoms with Crippen molar-refractivity contribution in [2.24, 2.45) is 0 Å². The van der Waals surface area contributed by atoms with Crippen molar-refractivity contribution in [2.75, 3.05) is 0 Å². The molecule has 0 aromatic heterocycles. The maximum absolute atomic E-state index is 12.1. The van der Waals surface area contributed by atoms with Gasteiger partial charge in [-0.3, -0.25) is 4.79 Å². The number of Topliss-reactive ketones (excluding diaryl/α,β-unsaturated/α-hetero) is 1. The second-order valence-corrected chi connectivity index (χ2v) is 5.94. The molecule has 124 valence electrons. The van der Waals surface area contributed by atoms with E-state index in [0.717, 1.165) is 22.3 Å². The molecule has 0 bridgehead atoms. The van der Waals surface area contributed by atoms with Crippen LogP contribution in [0.5, 0.6) is 5.75 Å². The molecular formula is C23H20O2. The first kappa shape index (κ1) is 16.7. The predicted octanol–water partition coefficient (Wildman–Crippen LogP) is 5.52. The normalized spacial score (nSPS) is 10.9. The maximum atomic E-state index is 12.1. The summed E-state index contributed by atoms with van der Waals surface area (Å²) >= 11 is 0. The van der Waals surface area contributed by atoms with Crippen LogP contribution in [0.25, 0.3) is 17.2 Å². The molecule has 0 saturated carbocycles. The van der Waals surface area contributed by atoms with Gasteiger partial charge in [-0.1, -0.05) is 84.9 Å². The Bertz CT molecular complexity index is 894. The molecule has 0 aliphatic rings.